The van der Waals surface area contributed by atoms with Crippen LogP contribution in [0.1, 0.15) is 34.1 Å². The second-order valence-corrected chi connectivity index (χ2v) is 5.29. The molecule has 112 valence electrons. The number of nitro groups is 1. The molecule has 0 bridgehead atoms. The highest BCUT2D eigenvalue weighted by atomic mass is 16.6. The van der Waals surface area contributed by atoms with E-state index >= 15 is 0 Å². The van der Waals surface area contributed by atoms with E-state index in [0.29, 0.717) is 17.3 Å². The topological polar surface area (TPSA) is 58.4 Å². The lowest BCUT2D eigenvalue weighted by Crippen LogP contribution is -2.28. The molecule has 1 N–H and O–H groups in total. The Hall–Kier alpha value is -1.78. The highest BCUT2D eigenvalue weighted by molar-refractivity contribution is 5.77. The van der Waals surface area contributed by atoms with Crippen molar-refractivity contribution in [3.8, 4) is 0 Å². The summed E-state index contributed by atoms with van der Waals surface area (Å²) in [6, 6.07) is 5.49. The number of rotatable bonds is 8. The number of nitrogens with one attached hydrogen (secondary N) is 1. The second kappa shape index (κ2) is 7.72. The van der Waals surface area contributed by atoms with Gasteiger partial charge in [0.25, 0.3) is 0 Å². The third-order valence-electron chi connectivity index (χ3n) is 3.07. The summed E-state index contributed by atoms with van der Waals surface area (Å²) >= 11 is 0. The van der Waals surface area contributed by atoms with Crippen molar-refractivity contribution in [2.75, 3.05) is 29.9 Å². The number of benzene rings is 1. The van der Waals surface area contributed by atoms with Crippen LogP contribution in [0.25, 0.3) is 0 Å². The van der Waals surface area contributed by atoms with Gasteiger partial charge >= 0.3 is 5.69 Å². The lowest BCUT2D eigenvalue weighted by molar-refractivity contribution is -0.383. The number of nitrogens with zero attached hydrogens (tertiary/aromatic N) is 2. The molecule has 0 aliphatic carbocycles. The summed E-state index contributed by atoms with van der Waals surface area (Å²) in [5.41, 5.74) is 1.49. The van der Waals surface area contributed by atoms with Crippen molar-refractivity contribution in [2.45, 2.75) is 34.1 Å². The fourth-order valence-electron chi connectivity index (χ4n) is 2.22. The average molecular weight is 279 g/mol. The number of hydrogen-bond acceptors (Lipinski definition) is 4. The van der Waals surface area contributed by atoms with Crippen LogP contribution in [0.3, 0.4) is 0 Å². The summed E-state index contributed by atoms with van der Waals surface area (Å²) in [5, 5.41) is 14.6. The molecule has 0 heterocycles. The molecule has 0 aliphatic heterocycles. The van der Waals surface area contributed by atoms with Crippen LogP contribution in [0, 0.1) is 16.0 Å². The SMILES string of the molecule is CCCNc1cccc(N(CC)CC(C)C)c1[N+](=O)[O-]. The third-order valence-corrected chi connectivity index (χ3v) is 3.07. The van der Waals surface area contributed by atoms with Gasteiger partial charge in [-0.25, -0.2) is 0 Å². The minimum absolute atomic E-state index is 0.184. The maximum absolute atomic E-state index is 11.5. The summed E-state index contributed by atoms with van der Waals surface area (Å²) in [5.74, 6) is 0.460. The number of hydrogen-bond donors (Lipinski definition) is 1. The maximum Gasteiger partial charge on any atom is 0.315 e. The first-order chi connectivity index (χ1) is 9.51. The van der Waals surface area contributed by atoms with Gasteiger partial charge in [0.1, 0.15) is 11.4 Å². The van der Waals surface area contributed by atoms with Crippen molar-refractivity contribution in [2.24, 2.45) is 5.92 Å². The van der Waals surface area contributed by atoms with E-state index in [1.54, 1.807) is 6.07 Å². The highest BCUT2D eigenvalue weighted by Gasteiger charge is 2.23. The lowest BCUT2D eigenvalue weighted by atomic mass is 10.1. The van der Waals surface area contributed by atoms with E-state index in [9.17, 15) is 10.1 Å². The molecule has 0 atom stereocenters. The number of nitro benzene ring substituents is 1. The molecule has 0 radical (unpaired) electrons. The molecular formula is C15H25N3O2. The van der Waals surface area contributed by atoms with Crippen LogP contribution in [-0.4, -0.2) is 24.6 Å². The van der Waals surface area contributed by atoms with E-state index in [1.165, 1.54) is 0 Å². The first-order valence-corrected chi connectivity index (χ1v) is 7.27. The summed E-state index contributed by atoms with van der Waals surface area (Å²) < 4.78 is 0. The zero-order valence-electron chi connectivity index (χ0n) is 12.8. The van der Waals surface area contributed by atoms with Crippen molar-refractivity contribution in [3.05, 3.63) is 28.3 Å². The largest absolute Gasteiger partial charge is 0.379 e. The lowest BCUT2D eigenvalue weighted by Gasteiger charge is -2.25. The van der Waals surface area contributed by atoms with Gasteiger partial charge in [0.2, 0.25) is 0 Å². The van der Waals surface area contributed by atoms with Crippen LogP contribution < -0.4 is 10.2 Å². The van der Waals surface area contributed by atoms with Crippen LogP contribution in [0.5, 0.6) is 0 Å². The zero-order chi connectivity index (χ0) is 15.1. The van der Waals surface area contributed by atoms with Gasteiger partial charge in [-0.15, -0.1) is 0 Å². The van der Waals surface area contributed by atoms with Crippen LogP contribution >= 0.6 is 0 Å². The van der Waals surface area contributed by atoms with Gasteiger partial charge in [0, 0.05) is 19.6 Å². The van der Waals surface area contributed by atoms with Crippen molar-refractivity contribution < 1.29 is 4.92 Å². The van der Waals surface area contributed by atoms with Gasteiger partial charge in [-0.1, -0.05) is 26.8 Å². The molecular weight excluding hydrogens is 254 g/mol. The van der Waals surface area contributed by atoms with Gasteiger partial charge < -0.3 is 10.2 Å². The van der Waals surface area contributed by atoms with E-state index in [1.807, 2.05) is 26.0 Å². The summed E-state index contributed by atoms with van der Waals surface area (Å²) in [6.45, 7) is 10.6. The van der Waals surface area contributed by atoms with Crippen molar-refractivity contribution in [1.82, 2.24) is 0 Å². The minimum atomic E-state index is -0.281. The normalized spacial score (nSPS) is 10.7. The summed E-state index contributed by atoms with van der Waals surface area (Å²) in [4.78, 5) is 13.2. The average Bonchev–Trinajstić information content (AvgIpc) is 2.41. The molecule has 0 amide bonds. The van der Waals surface area contributed by atoms with Gasteiger partial charge in [0.05, 0.1) is 4.92 Å². The standard InChI is InChI=1S/C15H25N3O2/c1-5-10-16-13-8-7-9-14(15(13)18(19)20)17(6-2)11-12(3)4/h7-9,12,16H,5-6,10-11H2,1-4H3. The van der Waals surface area contributed by atoms with Crippen molar-refractivity contribution >= 4 is 17.1 Å². The van der Waals surface area contributed by atoms with Crippen LogP contribution in [-0.2, 0) is 0 Å². The molecule has 0 unspecified atom stereocenters. The van der Waals surface area contributed by atoms with E-state index in [-0.39, 0.29) is 10.6 Å². The first kappa shape index (κ1) is 16.3. The molecule has 20 heavy (non-hydrogen) atoms. The summed E-state index contributed by atoms with van der Waals surface area (Å²) in [7, 11) is 0. The fourth-order valence-corrected chi connectivity index (χ4v) is 2.22. The van der Waals surface area contributed by atoms with E-state index in [0.717, 1.165) is 26.1 Å². The fraction of sp³-hybridized carbons (Fsp3) is 0.600. The Morgan fingerprint density at radius 2 is 2.05 bits per heavy atom. The molecule has 1 rings (SSSR count). The molecule has 5 nitrogen and oxygen atoms in total. The molecule has 0 saturated heterocycles. The minimum Gasteiger partial charge on any atom is -0.379 e. The molecule has 1 aromatic rings. The molecule has 5 heteroatoms. The van der Waals surface area contributed by atoms with E-state index in [4.69, 9.17) is 0 Å². The molecule has 0 aromatic heterocycles. The third kappa shape index (κ3) is 4.11. The van der Waals surface area contributed by atoms with Crippen LogP contribution in [0.2, 0.25) is 0 Å². The molecule has 0 fully saturated rings. The van der Waals surface area contributed by atoms with Gasteiger partial charge in [0.15, 0.2) is 0 Å². The van der Waals surface area contributed by atoms with Gasteiger partial charge in [-0.3, -0.25) is 10.1 Å². The zero-order valence-corrected chi connectivity index (χ0v) is 12.8. The Balaban J connectivity index is 3.19. The highest BCUT2D eigenvalue weighted by Crippen LogP contribution is 2.35. The Morgan fingerprint density at radius 1 is 1.35 bits per heavy atom. The predicted molar refractivity (Wildman–Crippen MR) is 84.6 cm³/mol. The van der Waals surface area contributed by atoms with Crippen LogP contribution in [0.15, 0.2) is 18.2 Å². The molecule has 0 saturated carbocycles. The Labute approximate surface area is 121 Å². The van der Waals surface area contributed by atoms with Gasteiger partial charge in [-0.05, 0) is 31.4 Å². The monoisotopic (exact) mass is 279 g/mol. The Bertz CT molecular complexity index is 447. The molecule has 0 aliphatic rings. The molecule has 0 spiro atoms. The van der Waals surface area contributed by atoms with E-state index < -0.39 is 0 Å². The van der Waals surface area contributed by atoms with Crippen molar-refractivity contribution in [1.29, 1.82) is 0 Å². The second-order valence-electron chi connectivity index (χ2n) is 5.29. The maximum atomic E-state index is 11.5. The Kier molecular flexibility index (Phi) is 6.28. The Morgan fingerprint density at radius 3 is 2.55 bits per heavy atom. The number of para-hydroxylation sites is 1. The first-order valence-electron chi connectivity index (χ1n) is 7.27. The number of anilines is 2. The van der Waals surface area contributed by atoms with Gasteiger partial charge in [-0.2, -0.15) is 0 Å². The van der Waals surface area contributed by atoms with E-state index in [2.05, 4.69) is 24.1 Å². The predicted octanol–water partition coefficient (Wildman–Crippen LogP) is 3.90. The molecule has 1 aromatic carbocycles. The quantitative estimate of drug-likeness (QED) is 0.579. The van der Waals surface area contributed by atoms with Crippen molar-refractivity contribution in [3.63, 3.8) is 0 Å². The smallest absolute Gasteiger partial charge is 0.315 e. The summed E-state index contributed by atoms with van der Waals surface area (Å²) in [6.07, 6.45) is 0.935. The van der Waals surface area contributed by atoms with Crippen LogP contribution in [0.4, 0.5) is 17.1 Å².